The molecule has 0 bridgehead atoms. The normalized spacial score (nSPS) is 12.8. The van der Waals surface area contributed by atoms with E-state index in [-0.39, 0.29) is 5.78 Å². The van der Waals surface area contributed by atoms with E-state index in [1.54, 1.807) is 17.0 Å². The molecule has 0 radical (unpaired) electrons. The monoisotopic (exact) mass is 196 g/mol. The molecule has 0 aliphatic heterocycles. The Hall–Kier alpha value is -1.16. The second-order valence-electron chi connectivity index (χ2n) is 3.21. The number of carbonyl (C=O) groups excluding carboxylic acids is 1. The zero-order chi connectivity index (χ0) is 10.6. The number of imidazole rings is 1. The lowest BCUT2D eigenvalue weighted by Crippen LogP contribution is -2.23. The minimum atomic E-state index is -0.910. The molecule has 0 saturated heterocycles. The molecule has 1 atom stereocenters. The number of aliphatic hydroxyl groups is 1. The van der Waals surface area contributed by atoms with Crippen LogP contribution in [0.1, 0.15) is 37.3 Å². The molecule has 1 N–H and O–H groups in total. The molecule has 0 saturated carbocycles. The van der Waals surface area contributed by atoms with Gasteiger partial charge in [-0.1, -0.05) is 13.3 Å². The standard InChI is InChI=1S/C10H16N2O2/c1-3-5-8(13)9(14)10-11-6-7-12(10)4-2/h6-8,13H,3-5H2,1-2H3. The molecule has 1 heterocycles. The molecule has 4 heteroatoms. The van der Waals surface area contributed by atoms with E-state index < -0.39 is 6.10 Å². The SMILES string of the molecule is CCCC(O)C(=O)c1nccn1CC. The largest absolute Gasteiger partial charge is 0.385 e. The quantitative estimate of drug-likeness (QED) is 0.721. The van der Waals surface area contributed by atoms with Crippen molar-refractivity contribution in [2.45, 2.75) is 39.3 Å². The number of Topliss-reactive ketones (excluding diaryl/α,β-unsaturated/α-hetero) is 1. The van der Waals surface area contributed by atoms with Gasteiger partial charge in [0.05, 0.1) is 0 Å². The van der Waals surface area contributed by atoms with Gasteiger partial charge < -0.3 is 9.67 Å². The Morgan fingerprint density at radius 2 is 2.36 bits per heavy atom. The topological polar surface area (TPSA) is 55.1 Å². The van der Waals surface area contributed by atoms with Crippen LogP contribution < -0.4 is 0 Å². The molecule has 1 unspecified atom stereocenters. The summed E-state index contributed by atoms with van der Waals surface area (Å²) in [7, 11) is 0. The second-order valence-corrected chi connectivity index (χ2v) is 3.21. The number of aromatic nitrogens is 2. The Kier molecular flexibility index (Phi) is 3.83. The van der Waals surface area contributed by atoms with Crippen molar-refractivity contribution in [3.05, 3.63) is 18.2 Å². The highest BCUT2D eigenvalue weighted by Gasteiger charge is 2.20. The van der Waals surface area contributed by atoms with Crippen molar-refractivity contribution in [3.8, 4) is 0 Å². The molecule has 78 valence electrons. The first-order chi connectivity index (χ1) is 6.70. The lowest BCUT2D eigenvalue weighted by atomic mass is 10.1. The molecule has 14 heavy (non-hydrogen) atoms. The van der Waals surface area contributed by atoms with Crippen LogP contribution in [0, 0.1) is 0 Å². The van der Waals surface area contributed by atoms with Crippen LogP contribution in [0.4, 0.5) is 0 Å². The summed E-state index contributed by atoms with van der Waals surface area (Å²) in [5.74, 6) is 0.0761. The van der Waals surface area contributed by atoms with E-state index in [2.05, 4.69) is 4.98 Å². The third kappa shape index (κ3) is 2.20. The minimum absolute atomic E-state index is 0.279. The zero-order valence-electron chi connectivity index (χ0n) is 8.60. The maximum atomic E-state index is 11.6. The maximum Gasteiger partial charge on any atom is 0.226 e. The van der Waals surface area contributed by atoms with Crippen molar-refractivity contribution in [2.75, 3.05) is 0 Å². The lowest BCUT2D eigenvalue weighted by molar-refractivity contribution is 0.0713. The summed E-state index contributed by atoms with van der Waals surface area (Å²) in [6, 6.07) is 0. The molecule has 0 spiro atoms. The third-order valence-corrected chi connectivity index (χ3v) is 2.14. The fraction of sp³-hybridized carbons (Fsp3) is 0.600. The number of ketones is 1. The Balaban J connectivity index is 2.78. The van der Waals surface area contributed by atoms with Gasteiger partial charge in [0, 0.05) is 18.9 Å². The van der Waals surface area contributed by atoms with Gasteiger partial charge in [-0.2, -0.15) is 0 Å². The molecule has 1 aromatic rings. The molecule has 0 aromatic carbocycles. The fourth-order valence-corrected chi connectivity index (χ4v) is 1.34. The summed E-state index contributed by atoms with van der Waals surface area (Å²) in [4.78, 5) is 15.6. The van der Waals surface area contributed by atoms with Crippen molar-refractivity contribution in [1.29, 1.82) is 0 Å². The molecule has 1 rings (SSSR count). The molecule has 0 aliphatic rings. The number of carbonyl (C=O) groups is 1. The number of hydrogen-bond donors (Lipinski definition) is 1. The van der Waals surface area contributed by atoms with E-state index in [0.29, 0.717) is 18.8 Å². The number of nitrogens with zero attached hydrogens (tertiary/aromatic N) is 2. The number of hydrogen-bond acceptors (Lipinski definition) is 3. The predicted octanol–water partition coefficient (Wildman–Crippen LogP) is 1.25. The smallest absolute Gasteiger partial charge is 0.226 e. The first-order valence-corrected chi connectivity index (χ1v) is 4.94. The van der Waals surface area contributed by atoms with E-state index in [9.17, 15) is 9.90 Å². The van der Waals surface area contributed by atoms with Crippen molar-refractivity contribution in [2.24, 2.45) is 0 Å². The highest BCUT2D eigenvalue weighted by Crippen LogP contribution is 2.06. The van der Waals surface area contributed by atoms with Crippen LogP contribution in [-0.2, 0) is 6.54 Å². The van der Waals surface area contributed by atoms with Crippen molar-refractivity contribution >= 4 is 5.78 Å². The summed E-state index contributed by atoms with van der Waals surface area (Å²) in [6.07, 6.45) is 3.70. The van der Waals surface area contributed by atoms with Gasteiger partial charge >= 0.3 is 0 Å². The van der Waals surface area contributed by atoms with Gasteiger partial charge in [-0.15, -0.1) is 0 Å². The zero-order valence-corrected chi connectivity index (χ0v) is 8.60. The minimum Gasteiger partial charge on any atom is -0.385 e. The molecular formula is C10H16N2O2. The lowest BCUT2D eigenvalue weighted by Gasteiger charge is -2.08. The highest BCUT2D eigenvalue weighted by molar-refractivity contribution is 5.96. The van der Waals surface area contributed by atoms with E-state index in [1.807, 2.05) is 13.8 Å². The van der Waals surface area contributed by atoms with Gasteiger partial charge in [-0.25, -0.2) is 4.98 Å². The van der Waals surface area contributed by atoms with Crippen molar-refractivity contribution in [1.82, 2.24) is 9.55 Å². The maximum absolute atomic E-state index is 11.6. The number of rotatable bonds is 5. The average Bonchev–Trinajstić information content (AvgIpc) is 2.64. The molecule has 1 aromatic heterocycles. The van der Waals surface area contributed by atoms with Crippen LogP contribution in [0.5, 0.6) is 0 Å². The molecule has 0 aliphatic carbocycles. The first-order valence-electron chi connectivity index (χ1n) is 4.94. The van der Waals surface area contributed by atoms with Crippen molar-refractivity contribution in [3.63, 3.8) is 0 Å². The summed E-state index contributed by atoms with van der Waals surface area (Å²) in [5, 5.41) is 9.51. The first kappa shape index (κ1) is 10.9. The second kappa shape index (κ2) is 4.91. The summed E-state index contributed by atoms with van der Waals surface area (Å²) in [6.45, 7) is 4.56. The van der Waals surface area contributed by atoms with Gasteiger partial charge in [0.1, 0.15) is 6.10 Å². The van der Waals surface area contributed by atoms with Crippen LogP contribution in [0.15, 0.2) is 12.4 Å². The van der Waals surface area contributed by atoms with Crippen LogP contribution >= 0.6 is 0 Å². The molecular weight excluding hydrogens is 180 g/mol. The predicted molar refractivity (Wildman–Crippen MR) is 53.1 cm³/mol. The Morgan fingerprint density at radius 3 is 2.93 bits per heavy atom. The Morgan fingerprint density at radius 1 is 1.64 bits per heavy atom. The average molecular weight is 196 g/mol. The van der Waals surface area contributed by atoms with Crippen LogP contribution in [0.25, 0.3) is 0 Å². The number of aryl methyl sites for hydroxylation is 1. The summed E-state index contributed by atoms with van der Waals surface area (Å²) in [5.41, 5.74) is 0. The van der Waals surface area contributed by atoms with Gasteiger partial charge in [-0.3, -0.25) is 4.79 Å². The van der Waals surface area contributed by atoms with E-state index in [0.717, 1.165) is 6.42 Å². The van der Waals surface area contributed by atoms with Crippen LogP contribution in [0.3, 0.4) is 0 Å². The fourth-order valence-electron chi connectivity index (χ4n) is 1.34. The van der Waals surface area contributed by atoms with Crippen LogP contribution in [-0.4, -0.2) is 26.5 Å². The summed E-state index contributed by atoms with van der Waals surface area (Å²) >= 11 is 0. The van der Waals surface area contributed by atoms with Crippen LogP contribution in [0.2, 0.25) is 0 Å². The van der Waals surface area contributed by atoms with Gasteiger partial charge in [-0.05, 0) is 13.3 Å². The highest BCUT2D eigenvalue weighted by atomic mass is 16.3. The summed E-state index contributed by atoms with van der Waals surface area (Å²) < 4.78 is 1.74. The molecule has 4 nitrogen and oxygen atoms in total. The number of aliphatic hydroxyl groups excluding tert-OH is 1. The van der Waals surface area contributed by atoms with E-state index in [1.165, 1.54) is 0 Å². The van der Waals surface area contributed by atoms with E-state index >= 15 is 0 Å². The van der Waals surface area contributed by atoms with Gasteiger partial charge in [0.15, 0.2) is 5.82 Å². The molecule has 0 amide bonds. The Labute approximate surface area is 83.6 Å². The molecule has 0 fully saturated rings. The third-order valence-electron chi connectivity index (χ3n) is 2.14. The Bertz CT molecular complexity index is 307. The van der Waals surface area contributed by atoms with Gasteiger partial charge in [0.25, 0.3) is 0 Å². The van der Waals surface area contributed by atoms with Gasteiger partial charge in [0.2, 0.25) is 5.78 Å². The van der Waals surface area contributed by atoms with E-state index in [4.69, 9.17) is 0 Å². The van der Waals surface area contributed by atoms with Crippen molar-refractivity contribution < 1.29 is 9.90 Å².